The molecule has 0 aliphatic carbocycles. The quantitative estimate of drug-likeness (QED) is 0.365. The molecule has 0 atom stereocenters. The van der Waals surface area contributed by atoms with Gasteiger partial charge in [0.2, 0.25) is 0 Å². The van der Waals surface area contributed by atoms with Crippen molar-refractivity contribution in [3.8, 4) is 23.0 Å². The van der Waals surface area contributed by atoms with Crippen LogP contribution in [0.2, 0.25) is 0 Å². The molecule has 29 heavy (non-hydrogen) atoms. The molecule has 0 bridgehead atoms. The molecule has 8 heteroatoms. The standard InChI is InChI=1S/C21H21NO5S2/c1-3-25-18-11-14(12-19-20(23)22-21(28)29-19)7-8-17(18)27-10-9-26-16-6-4-5-15(13-16)24-2/h4-8,11-13H,3,9-10H2,1-2H3,(H,22,23,28)/b19-12+. The second-order valence-electron chi connectivity index (χ2n) is 5.87. The Morgan fingerprint density at radius 1 is 1.03 bits per heavy atom. The van der Waals surface area contributed by atoms with E-state index in [1.54, 1.807) is 13.2 Å². The number of ether oxygens (including phenoxy) is 4. The summed E-state index contributed by atoms with van der Waals surface area (Å²) in [4.78, 5) is 12.4. The van der Waals surface area contributed by atoms with E-state index in [9.17, 15) is 4.79 Å². The van der Waals surface area contributed by atoms with Gasteiger partial charge in [-0.05, 0) is 42.8 Å². The molecule has 2 aromatic rings. The van der Waals surface area contributed by atoms with Crippen LogP contribution >= 0.6 is 24.0 Å². The largest absolute Gasteiger partial charge is 0.497 e. The second-order valence-corrected chi connectivity index (χ2v) is 7.59. The molecule has 3 rings (SSSR count). The van der Waals surface area contributed by atoms with Gasteiger partial charge in [-0.3, -0.25) is 4.79 Å². The van der Waals surface area contributed by atoms with Crippen LogP contribution in [-0.4, -0.2) is 37.2 Å². The molecule has 1 aliphatic rings. The Morgan fingerprint density at radius 2 is 1.83 bits per heavy atom. The molecule has 2 aromatic carbocycles. The minimum Gasteiger partial charge on any atom is -0.497 e. The molecule has 0 radical (unpaired) electrons. The molecular formula is C21H21NO5S2. The lowest BCUT2D eigenvalue weighted by atomic mass is 10.2. The van der Waals surface area contributed by atoms with E-state index in [1.807, 2.05) is 49.4 Å². The number of nitrogens with one attached hydrogen (secondary N) is 1. The molecule has 0 aromatic heterocycles. The Hall–Kier alpha value is -2.71. The number of rotatable bonds is 9. The van der Waals surface area contributed by atoms with E-state index < -0.39 is 0 Å². The van der Waals surface area contributed by atoms with Crippen LogP contribution in [0.5, 0.6) is 23.0 Å². The molecule has 6 nitrogen and oxygen atoms in total. The lowest BCUT2D eigenvalue weighted by molar-refractivity contribution is -0.115. The predicted molar refractivity (Wildman–Crippen MR) is 118 cm³/mol. The number of carbonyl (C=O) groups excluding carboxylic acids is 1. The molecule has 0 unspecified atom stereocenters. The van der Waals surface area contributed by atoms with Gasteiger partial charge in [0.25, 0.3) is 5.91 Å². The Bertz CT molecular complexity index is 929. The first kappa shape index (κ1) is 21.0. The normalized spacial score (nSPS) is 14.6. The summed E-state index contributed by atoms with van der Waals surface area (Å²) < 4.78 is 22.8. The Balaban J connectivity index is 1.62. The zero-order valence-corrected chi connectivity index (χ0v) is 17.7. The predicted octanol–water partition coefficient (Wildman–Crippen LogP) is 4.04. The highest BCUT2D eigenvalue weighted by molar-refractivity contribution is 8.26. The van der Waals surface area contributed by atoms with E-state index in [0.717, 1.165) is 11.3 Å². The summed E-state index contributed by atoms with van der Waals surface area (Å²) in [6, 6.07) is 12.9. The molecule has 1 aliphatic heterocycles. The number of methoxy groups -OCH3 is 1. The van der Waals surface area contributed by atoms with Crippen LogP contribution in [0.4, 0.5) is 0 Å². The monoisotopic (exact) mass is 431 g/mol. The first-order valence-corrected chi connectivity index (χ1v) is 10.2. The van der Waals surface area contributed by atoms with Crippen LogP contribution in [0.15, 0.2) is 47.4 Å². The van der Waals surface area contributed by atoms with E-state index in [1.165, 1.54) is 11.8 Å². The van der Waals surface area contributed by atoms with Gasteiger partial charge in [-0.25, -0.2) is 0 Å². The fourth-order valence-corrected chi connectivity index (χ4v) is 3.62. The summed E-state index contributed by atoms with van der Waals surface area (Å²) >= 11 is 6.26. The number of benzene rings is 2. The first-order valence-electron chi connectivity index (χ1n) is 9.00. The van der Waals surface area contributed by atoms with Crippen LogP contribution in [0.25, 0.3) is 6.08 Å². The smallest absolute Gasteiger partial charge is 0.263 e. The maximum atomic E-state index is 11.8. The maximum absolute atomic E-state index is 11.8. The summed E-state index contributed by atoms with van der Waals surface area (Å²) in [5.74, 6) is 2.48. The van der Waals surface area contributed by atoms with Crippen molar-refractivity contribution in [2.24, 2.45) is 0 Å². The van der Waals surface area contributed by atoms with Crippen molar-refractivity contribution in [1.29, 1.82) is 0 Å². The third kappa shape index (κ3) is 5.88. The van der Waals surface area contributed by atoms with E-state index in [2.05, 4.69) is 5.32 Å². The fraction of sp³-hybridized carbons (Fsp3) is 0.238. The third-order valence-electron chi connectivity index (χ3n) is 3.86. The average molecular weight is 432 g/mol. The molecule has 0 spiro atoms. The van der Waals surface area contributed by atoms with Crippen molar-refractivity contribution in [2.75, 3.05) is 26.9 Å². The van der Waals surface area contributed by atoms with Crippen LogP contribution in [0, 0.1) is 0 Å². The molecule has 1 fully saturated rings. The van der Waals surface area contributed by atoms with Gasteiger partial charge in [-0.15, -0.1) is 0 Å². The second kappa shape index (κ2) is 10.2. The van der Waals surface area contributed by atoms with E-state index in [-0.39, 0.29) is 5.91 Å². The van der Waals surface area contributed by atoms with Crippen molar-refractivity contribution < 1.29 is 23.7 Å². The van der Waals surface area contributed by atoms with Gasteiger partial charge in [0.15, 0.2) is 11.5 Å². The summed E-state index contributed by atoms with van der Waals surface area (Å²) in [6.07, 6.45) is 1.78. The lowest BCUT2D eigenvalue weighted by Gasteiger charge is -2.13. The summed E-state index contributed by atoms with van der Waals surface area (Å²) in [6.45, 7) is 3.12. The third-order valence-corrected chi connectivity index (χ3v) is 5.02. The molecule has 1 amide bonds. The van der Waals surface area contributed by atoms with Gasteiger partial charge in [0.1, 0.15) is 29.0 Å². The first-order chi connectivity index (χ1) is 14.1. The van der Waals surface area contributed by atoms with Crippen LogP contribution in [-0.2, 0) is 4.79 Å². The highest BCUT2D eigenvalue weighted by Crippen LogP contribution is 2.32. The van der Waals surface area contributed by atoms with Gasteiger partial charge in [-0.1, -0.05) is 36.1 Å². The van der Waals surface area contributed by atoms with E-state index >= 15 is 0 Å². The van der Waals surface area contributed by atoms with E-state index in [0.29, 0.717) is 46.3 Å². The summed E-state index contributed by atoms with van der Waals surface area (Å²) in [7, 11) is 1.61. The Labute approximate surface area is 179 Å². The van der Waals surface area contributed by atoms with Crippen LogP contribution < -0.4 is 24.3 Å². The molecule has 0 saturated carbocycles. The van der Waals surface area contributed by atoms with Gasteiger partial charge in [-0.2, -0.15) is 0 Å². The van der Waals surface area contributed by atoms with Crippen molar-refractivity contribution >= 4 is 40.3 Å². The van der Waals surface area contributed by atoms with Crippen molar-refractivity contribution in [3.63, 3.8) is 0 Å². The highest BCUT2D eigenvalue weighted by atomic mass is 32.2. The Kier molecular flexibility index (Phi) is 7.37. The van der Waals surface area contributed by atoms with Crippen molar-refractivity contribution in [3.05, 3.63) is 52.9 Å². The van der Waals surface area contributed by atoms with Gasteiger partial charge in [0.05, 0.1) is 18.6 Å². The highest BCUT2D eigenvalue weighted by Gasteiger charge is 2.22. The number of thioether (sulfide) groups is 1. The Morgan fingerprint density at radius 3 is 2.55 bits per heavy atom. The molecule has 152 valence electrons. The zero-order chi connectivity index (χ0) is 20.6. The number of carbonyl (C=O) groups is 1. The van der Waals surface area contributed by atoms with Gasteiger partial charge < -0.3 is 24.3 Å². The van der Waals surface area contributed by atoms with E-state index in [4.69, 9.17) is 31.2 Å². The number of amides is 1. The average Bonchev–Trinajstić information content (AvgIpc) is 3.03. The number of hydrogen-bond donors (Lipinski definition) is 1. The van der Waals surface area contributed by atoms with Crippen LogP contribution in [0.3, 0.4) is 0 Å². The minimum absolute atomic E-state index is 0.187. The molecular weight excluding hydrogens is 410 g/mol. The van der Waals surface area contributed by atoms with Gasteiger partial charge in [0, 0.05) is 6.07 Å². The summed E-state index contributed by atoms with van der Waals surface area (Å²) in [5, 5.41) is 2.60. The summed E-state index contributed by atoms with van der Waals surface area (Å²) in [5.41, 5.74) is 0.829. The zero-order valence-electron chi connectivity index (χ0n) is 16.1. The SMILES string of the molecule is CCOc1cc(/C=C2/SC(=S)NC2=O)ccc1OCCOc1cccc(OC)c1. The maximum Gasteiger partial charge on any atom is 0.263 e. The van der Waals surface area contributed by atoms with Gasteiger partial charge >= 0.3 is 0 Å². The number of hydrogen-bond acceptors (Lipinski definition) is 7. The molecule has 1 N–H and O–H groups in total. The minimum atomic E-state index is -0.187. The van der Waals surface area contributed by atoms with Crippen molar-refractivity contribution in [1.82, 2.24) is 5.32 Å². The fourth-order valence-electron chi connectivity index (χ4n) is 2.58. The van der Waals surface area contributed by atoms with Crippen LogP contribution in [0.1, 0.15) is 12.5 Å². The lowest BCUT2D eigenvalue weighted by Crippen LogP contribution is -2.17. The topological polar surface area (TPSA) is 66.0 Å². The van der Waals surface area contributed by atoms with Crippen molar-refractivity contribution in [2.45, 2.75) is 6.92 Å². The number of thiocarbonyl (C=S) groups is 1. The molecule has 1 heterocycles. The molecule has 1 saturated heterocycles.